The molecule has 2 aromatic carbocycles. The van der Waals surface area contributed by atoms with Crippen molar-refractivity contribution in [2.75, 3.05) is 6.61 Å². The highest BCUT2D eigenvalue weighted by Gasteiger charge is 2.33. The number of benzene rings is 2. The number of aromatic carboxylic acids is 1. The van der Waals surface area contributed by atoms with Gasteiger partial charge in [0.1, 0.15) is 6.61 Å². The summed E-state index contributed by atoms with van der Waals surface area (Å²) in [6.07, 6.45) is 1.27. The van der Waals surface area contributed by atoms with Gasteiger partial charge in [-0.25, -0.2) is 9.59 Å². The molecule has 1 fully saturated rings. The number of amides is 2. The van der Waals surface area contributed by atoms with Crippen LogP contribution in [0.25, 0.3) is 11.1 Å². The molecule has 1 aromatic heterocycles. The Bertz CT molecular complexity index is 1220. The van der Waals surface area contributed by atoms with Crippen molar-refractivity contribution >= 4 is 18.0 Å². The van der Waals surface area contributed by atoms with Gasteiger partial charge in [0.15, 0.2) is 11.5 Å². The van der Waals surface area contributed by atoms with E-state index in [0.29, 0.717) is 19.3 Å². The third kappa shape index (κ3) is 4.89. The third-order valence-electron chi connectivity index (χ3n) is 6.61. The van der Waals surface area contributed by atoms with E-state index in [-0.39, 0.29) is 48.4 Å². The molecule has 0 atom stereocenters. The first-order chi connectivity index (χ1) is 17.0. The Morgan fingerprint density at radius 1 is 1.03 bits per heavy atom. The van der Waals surface area contributed by atoms with Gasteiger partial charge in [-0.05, 0) is 41.0 Å². The molecule has 1 saturated carbocycles. The van der Waals surface area contributed by atoms with Gasteiger partial charge in [0.2, 0.25) is 5.91 Å². The highest BCUT2D eigenvalue weighted by molar-refractivity contribution is 5.85. The average molecular weight is 476 g/mol. The number of fused-ring (bicyclic) bond motifs is 3. The molecule has 0 aliphatic heterocycles. The van der Waals surface area contributed by atoms with Crippen molar-refractivity contribution in [3.05, 3.63) is 77.2 Å². The molecule has 0 bridgehead atoms. The van der Waals surface area contributed by atoms with Crippen molar-refractivity contribution < 1.29 is 28.8 Å². The number of carboxylic acid groups (broad SMARTS) is 1. The van der Waals surface area contributed by atoms with Gasteiger partial charge >= 0.3 is 12.1 Å². The summed E-state index contributed by atoms with van der Waals surface area (Å²) in [6, 6.07) is 17.6. The Morgan fingerprint density at radius 2 is 1.69 bits per heavy atom. The van der Waals surface area contributed by atoms with Gasteiger partial charge in [-0.1, -0.05) is 53.7 Å². The van der Waals surface area contributed by atoms with E-state index in [0.717, 1.165) is 0 Å². The zero-order valence-corrected chi connectivity index (χ0v) is 18.9. The molecule has 9 heteroatoms. The maximum absolute atomic E-state index is 12.4. The monoisotopic (exact) mass is 475 g/mol. The summed E-state index contributed by atoms with van der Waals surface area (Å²) in [5.74, 6) is -0.891. The first-order valence-electron chi connectivity index (χ1n) is 11.5. The van der Waals surface area contributed by atoms with Gasteiger partial charge in [0.05, 0.1) is 6.54 Å². The lowest BCUT2D eigenvalue weighted by molar-refractivity contribution is -0.123. The fourth-order valence-electron chi connectivity index (χ4n) is 4.84. The molecule has 2 amide bonds. The molecule has 0 saturated heterocycles. The number of carboxylic acids is 1. The van der Waals surface area contributed by atoms with Gasteiger partial charge in [0.25, 0.3) is 0 Å². The SMILES string of the molecule is O=C(CC1CC(NC(=O)OCC2c3ccccc3-c3ccccc32)C1)NCc1cc(C(=O)O)no1. The summed E-state index contributed by atoms with van der Waals surface area (Å²) >= 11 is 0. The van der Waals surface area contributed by atoms with Gasteiger partial charge in [-0.15, -0.1) is 0 Å². The van der Waals surface area contributed by atoms with E-state index in [2.05, 4.69) is 40.1 Å². The van der Waals surface area contributed by atoms with E-state index in [1.807, 2.05) is 24.3 Å². The number of nitrogens with zero attached hydrogens (tertiary/aromatic N) is 1. The second-order valence-corrected chi connectivity index (χ2v) is 8.97. The summed E-state index contributed by atoms with van der Waals surface area (Å²) in [5, 5.41) is 17.8. The first-order valence-corrected chi connectivity index (χ1v) is 11.5. The maximum atomic E-state index is 12.4. The predicted molar refractivity (Wildman–Crippen MR) is 125 cm³/mol. The fraction of sp³-hybridized carbons (Fsp3) is 0.308. The zero-order valence-electron chi connectivity index (χ0n) is 18.9. The number of alkyl carbamates (subject to hydrolysis) is 1. The summed E-state index contributed by atoms with van der Waals surface area (Å²) in [4.78, 5) is 35.3. The number of rotatable bonds is 8. The molecular weight excluding hydrogens is 450 g/mol. The second kappa shape index (κ2) is 9.61. The van der Waals surface area contributed by atoms with Crippen LogP contribution in [0.4, 0.5) is 4.79 Å². The molecule has 2 aliphatic rings. The van der Waals surface area contributed by atoms with Crippen LogP contribution in [-0.2, 0) is 16.1 Å². The van der Waals surface area contributed by atoms with Gasteiger partial charge in [-0.3, -0.25) is 4.79 Å². The van der Waals surface area contributed by atoms with Gasteiger partial charge in [-0.2, -0.15) is 0 Å². The summed E-state index contributed by atoms with van der Waals surface area (Å²) in [7, 11) is 0. The molecule has 35 heavy (non-hydrogen) atoms. The normalized spacial score (nSPS) is 18.2. The molecule has 3 N–H and O–H groups in total. The van der Waals surface area contributed by atoms with Crippen LogP contribution in [0.3, 0.4) is 0 Å². The zero-order chi connectivity index (χ0) is 24.4. The van der Waals surface area contributed by atoms with Crippen LogP contribution in [0, 0.1) is 5.92 Å². The Morgan fingerprint density at radius 3 is 2.31 bits per heavy atom. The van der Waals surface area contributed by atoms with E-state index < -0.39 is 12.1 Å². The first kappa shape index (κ1) is 22.6. The fourth-order valence-corrected chi connectivity index (χ4v) is 4.84. The molecule has 9 nitrogen and oxygen atoms in total. The molecular formula is C26H25N3O6. The summed E-state index contributed by atoms with van der Waals surface area (Å²) in [6.45, 7) is 0.344. The lowest BCUT2D eigenvalue weighted by Gasteiger charge is -2.35. The smallest absolute Gasteiger partial charge is 0.407 e. The largest absolute Gasteiger partial charge is 0.476 e. The number of carbonyl (C=O) groups is 3. The van der Waals surface area contributed by atoms with Crippen LogP contribution in [0.2, 0.25) is 0 Å². The molecule has 0 unspecified atom stereocenters. The van der Waals surface area contributed by atoms with Crippen LogP contribution in [0.1, 0.15) is 52.6 Å². The topological polar surface area (TPSA) is 131 Å². The number of carbonyl (C=O) groups excluding carboxylic acids is 2. The Hall–Kier alpha value is -4.14. The highest BCUT2D eigenvalue weighted by atomic mass is 16.5. The average Bonchev–Trinajstić information content (AvgIpc) is 3.43. The number of hydrogen-bond donors (Lipinski definition) is 3. The van der Waals surface area contributed by atoms with Gasteiger partial charge in [0, 0.05) is 24.4 Å². The van der Waals surface area contributed by atoms with Gasteiger partial charge < -0.3 is 25.0 Å². The molecule has 0 spiro atoms. The molecule has 180 valence electrons. The lowest BCUT2D eigenvalue weighted by Crippen LogP contribution is -2.45. The minimum atomic E-state index is -1.18. The second-order valence-electron chi connectivity index (χ2n) is 8.97. The molecule has 1 heterocycles. The molecule has 0 radical (unpaired) electrons. The van der Waals surface area contributed by atoms with Crippen molar-refractivity contribution in [1.82, 2.24) is 15.8 Å². The number of nitrogens with one attached hydrogen (secondary N) is 2. The van der Waals surface area contributed by atoms with E-state index in [1.165, 1.54) is 28.3 Å². The van der Waals surface area contributed by atoms with E-state index in [1.54, 1.807) is 0 Å². The Balaban J connectivity index is 1.04. The van der Waals surface area contributed by atoms with Crippen molar-refractivity contribution in [3.8, 4) is 11.1 Å². The van der Waals surface area contributed by atoms with Crippen molar-refractivity contribution in [2.24, 2.45) is 5.92 Å². The number of hydrogen-bond acceptors (Lipinski definition) is 6. The highest BCUT2D eigenvalue weighted by Crippen LogP contribution is 2.44. The van der Waals surface area contributed by atoms with Crippen LogP contribution in [0.15, 0.2) is 59.1 Å². The lowest BCUT2D eigenvalue weighted by atomic mass is 9.78. The molecule has 5 rings (SSSR count). The number of aromatic nitrogens is 1. The standard InChI is InChI=1S/C26H25N3O6/c30-24(27-13-17-12-23(25(31)32)29-35-17)11-15-9-16(10-15)28-26(33)34-14-22-20-7-3-1-5-18(20)19-6-2-4-8-21(19)22/h1-8,12,15-16,22H,9-11,13-14H2,(H,27,30)(H,28,33)(H,31,32). The van der Waals surface area contributed by atoms with Crippen LogP contribution >= 0.6 is 0 Å². The quantitative estimate of drug-likeness (QED) is 0.453. The van der Waals surface area contributed by atoms with E-state index in [4.69, 9.17) is 14.4 Å². The minimum absolute atomic E-state index is 0.0157. The van der Waals surface area contributed by atoms with Crippen LogP contribution < -0.4 is 10.6 Å². The van der Waals surface area contributed by atoms with E-state index in [9.17, 15) is 14.4 Å². The van der Waals surface area contributed by atoms with Crippen LogP contribution in [-0.4, -0.2) is 40.9 Å². The predicted octanol–water partition coefficient (Wildman–Crippen LogP) is 3.70. The summed E-state index contributed by atoms with van der Waals surface area (Å²) in [5.41, 5.74) is 4.50. The maximum Gasteiger partial charge on any atom is 0.407 e. The Labute approximate surface area is 201 Å². The summed E-state index contributed by atoms with van der Waals surface area (Å²) < 4.78 is 10.5. The number of ether oxygens (including phenoxy) is 1. The van der Waals surface area contributed by atoms with Crippen molar-refractivity contribution in [2.45, 2.75) is 37.8 Å². The molecule has 3 aromatic rings. The third-order valence-corrected chi connectivity index (χ3v) is 6.61. The van der Waals surface area contributed by atoms with Crippen molar-refractivity contribution in [1.29, 1.82) is 0 Å². The van der Waals surface area contributed by atoms with E-state index >= 15 is 0 Å². The van der Waals surface area contributed by atoms with Crippen LogP contribution in [0.5, 0.6) is 0 Å². The minimum Gasteiger partial charge on any atom is -0.476 e. The Kier molecular flexibility index (Phi) is 6.22. The molecule has 2 aliphatic carbocycles. The van der Waals surface area contributed by atoms with Crippen molar-refractivity contribution in [3.63, 3.8) is 0 Å².